The highest BCUT2D eigenvalue weighted by atomic mass is 35.5. The van der Waals surface area contributed by atoms with Crippen molar-refractivity contribution in [3.63, 3.8) is 0 Å². The van der Waals surface area contributed by atoms with Crippen molar-refractivity contribution in [2.45, 2.75) is 19.4 Å². The first-order chi connectivity index (χ1) is 11.1. The van der Waals surface area contributed by atoms with Gasteiger partial charge in [0.1, 0.15) is 5.70 Å². The number of hydrogen-bond donors (Lipinski definition) is 3. The van der Waals surface area contributed by atoms with Crippen LogP contribution in [0.15, 0.2) is 36.2 Å². The smallest absolute Gasteiger partial charge is 0.269 e. The minimum atomic E-state index is -0.428. The Morgan fingerprint density at radius 1 is 1.26 bits per heavy atom. The molecule has 1 aromatic carbocycles. The Kier molecular flexibility index (Phi) is 6.43. The summed E-state index contributed by atoms with van der Waals surface area (Å²) in [6.07, 6.45) is 2.40. The number of nitrogens with two attached hydrogens (primary N) is 1. The molecule has 23 heavy (non-hydrogen) atoms. The molecule has 2 rings (SSSR count). The Bertz CT molecular complexity index is 581. The molecular formula is C16H20ClN3O3. The van der Waals surface area contributed by atoms with Gasteiger partial charge >= 0.3 is 0 Å². The van der Waals surface area contributed by atoms with Gasteiger partial charge in [-0.1, -0.05) is 23.7 Å². The van der Waals surface area contributed by atoms with Crippen molar-refractivity contribution >= 4 is 23.4 Å². The molecular weight excluding hydrogens is 318 g/mol. The van der Waals surface area contributed by atoms with Crippen LogP contribution in [0.25, 0.3) is 0 Å². The molecule has 0 radical (unpaired) electrons. The van der Waals surface area contributed by atoms with Crippen LogP contribution in [-0.2, 0) is 20.9 Å². The van der Waals surface area contributed by atoms with Gasteiger partial charge in [0.15, 0.2) is 0 Å². The Balaban J connectivity index is 1.85. The minimum absolute atomic E-state index is 0.0513. The predicted molar refractivity (Wildman–Crippen MR) is 87.3 cm³/mol. The van der Waals surface area contributed by atoms with E-state index < -0.39 is 5.91 Å². The summed E-state index contributed by atoms with van der Waals surface area (Å²) >= 11 is 5.81. The summed E-state index contributed by atoms with van der Waals surface area (Å²) in [6, 6.07) is 7.12. The van der Waals surface area contributed by atoms with Crippen LogP contribution in [-0.4, -0.2) is 25.0 Å². The van der Waals surface area contributed by atoms with Gasteiger partial charge in [0.05, 0.1) is 0 Å². The summed E-state index contributed by atoms with van der Waals surface area (Å²) in [5, 5.41) is 5.93. The summed E-state index contributed by atoms with van der Waals surface area (Å²) in [4.78, 5) is 24.2. The van der Waals surface area contributed by atoms with E-state index in [0.29, 0.717) is 37.6 Å². The molecule has 1 heterocycles. The fourth-order valence-electron chi connectivity index (χ4n) is 2.25. The summed E-state index contributed by atoms with van der Waals surface area (Å²) in [6.45, 7) is 1.44. The van der Waals surface area contributed by atoms with Crippen LogP contribution < -0.4 is 16.4 Å². The average molecular weight is 338 g/mol. The molecule has 7 heteroatoms. The van der Waals surface area contributed by atoms with E-state index in [1.165, 1.54) is 0 Å². The maximum Gasteiger partial charge on any atom is 0.269 e. The maximum absolute atomic E-state index is 12.1. The molecule has 0 bridgehead atoms. The second-order valence-electron chi connectivity index (χ2n) is 5.27. The zero-order valence-electron chi connectivity index (χ0n) is 12.7. The molecule has 0 aliphatic carbocycles. The number of carbonyl (C=O) groups is 2. The standard InChI is InChI=1S/C16H20ClN3O3/c17-13-3-1-11(2-4-13)10-19-16(22)14(9-18)20-15(21)12-5-7-23-8-6-12/h1-4,9,12H,5-8,10,18H2,(H,19,22)(H,20,21)/b14-9+. The first kappa shape index (κ1) is 17.3. The molecule has 4 N–H and O–H groups in total. The van der Waals surface area contributed by atoms with E-state index in [2.05, 4.69) is 10.6 Å². The Labute approximate surface area is 140 Å². The van der Waals surface area contributed by atoms with Crippen LogP contribution >= 0.6 is 11.6 Å². The number of halogens is 1. The van der Waals surface area contributed by atoms with Crippen molar-refractivity contribution in [1.29, 1.82) is 0 Å². The topological polar surface area (TPSA) is 93.4 Å². The molecule has 1 aromatic rings. The lowest BCUT2D eigenvalue weighted by molar-refractivity contribution is -0.129. The third-order valence-electron chi connectivity index (χ3n) is 3.63. The van der Waals surface area contributed by atoms with Gasteiger partial charge in [-0.25, -0.2) is 0 Å². The maximum atomic E-state index is 12.1. The first-order valence-electron chi connectivity index (χ1n) is 7.43. The first-order valence-corrected chi connectivity index (χ1v) is 7.81. The average Bonchev–Trinajstić information content (AvgIpc) is 2.59. The van der Waals surface area contributed by atoms with Gasteiger partial charge < -0.3 is 21.1 Å². The van der Waals surface area contributed by atoms with Gasteiger partial charge in [-0.3, -0.25) is 9.59 Å². The van der Waals surface area contributed by atoms with Crippen LogP contribution in [0.1, 0.15) is 18.4 Å². The van der Waals surface area contributed by atoms with E-state index in [4.69, 9.17) is 22.1 Å². The molecule has 0 spiro atoms. The number of ether oxygens (including phenoxy) is 1. The quantitative estimate of drug-likeness (QED) is 0.706. The molecule has 0 aromatic heterocycles. The van der Waals surface area contributed by atoms with Crippen LogP contribution in [0.5, 0.6) is 0 Å². The number of nitrogens with one attached hydrogen (secondary N) is 2. The third-order valence-corrected chi connectivity index (χ3v) is 3.88. The van der Waals surface area contributed by atoms with Crippen molar-refractivity contribution < 1.29 is 14.3 Å². The second kappa shape index (κ2) is 8.55. The highest BCUT2D eigenvalue weighted by Gasteiger charge is 2.23. The number of amides is 2. The molecule has 0 atom stereocenters. The van der Waals surface area contributed by atoms with Crippen LogP contribution in [0.2, 0.25) is 5.02 Å². The van der Waals surface area contributed by atoms with Crippen LogP contribution in [0.3, 0.4) is 0 Å². The number of hydrogen-bond acceptors (Lipinski definition) is 4. The predicted octanol–water partition coefficient (Wildman–Crippen LogP) is 1.30. The highest BCUT2D eigenvalue weighted by Crippen LogP contribution is 2.15. The molecule has 1 aliphatic rings. The number of rotatable bonds is 5. The summed E-state index contributed by atoms with van der Waals surface area (Å²) in [5.74, 6) is -0.780. The van der Waals surface area contributed by atoms with Gasteiger partial charge in [0.2, 0.25) is 5.91 Å². The molecule has 6 nitrogen and oxygen atoms in total. The molecule has 0 unspecified atom stereocenters. The zero-order chi connectivity index (χ0) is 16.7. The van der Waals surface area contributed by atoms with Gasteiger partial charge in [-0.15, -0.1) is 0 Å². The normalized spacial score (nSPS) is 16.0. The fourth-order valence-corrected chi connectivity index (χ4v) is 2.37. The van der Waals surface area contributed by atoms with Crippen molar-refractivity contribution in [3.05, 3.63) is 46.7 Å². The molecule has 0 saturated carbocycles. The zero-order valence-corrected chi connectivity index (χ0v) is 13.4. The Morgan fingerprint density at radius 3 is 2.52 bits per heavy atom. The largest absolute Gasteiger partial charge is 0.403 e. The lowest BCUT2D eigenvalue weighted by Gasteiger charge is -2.21. The van der Waals surface area contributed by atoms with E-state index in [0.717, 1.165) is 11.8 Å². The summed E-state index contributed by atoms with van der Waals surface area (Å²) < 4.78 is 5.22. The van der Waals surface area contributed by atoms with E-state index >= 15 is 0 Å². The van der Waals surface area contributed by atoms with E-state index in [1.54, 1.807) is 12.1 Å². The van der Waals surface area contributed by atoms with Gasteiger partial charge in [0, 0.05) is 36.9 Å². The monoisotopic (exact) mass is 337 g/mol. The second-order valence-corrected chi connectivity index (χ2v) is 5.70. The van der Waals surface area contributed by atoms with E-state index in [1.807, 2.05) is 12.1 Å². The van der Waals surface area contributed by atoms with Crippen LogP contribution in [0.4, 0.5) is 0 Å². The Morgan fingerprint density at radius 2 is 1.91 bits per heavy atom. The lowest BCUT2D eigenvalue weighted by Crippen LogP contribution is -2.39. The minimum Gasteiger partial charge on any atom is -0.403 e. The SMILES string of the molecule is N/C=C(/NC(=O)C1CCOCC1)C(=O)NCc1ccc(Cl)cc1. The molecule has 1 aliphatic heterocycles. The van der Waals surface area contributed by atoms with Gasteiger partial charge in [-0.2, -0.15) is 0 Å². The van der Waals surface area contributed by atoms with Gasteiger partial charge in [-0.05, 0) is 30.5 Å². The fraction of sp³-hybridized carbons (Fsp3) is 0.375. The molecule has 1 saturated heterocycles. The van der Waals surface area contributed by atoms with Crippen molar-refractivity contribution in [3.8, 4) is 0 Å². The van der Waals surface area contributed by atoms with E-state index in [9.17, 15) is 9.59 Å². The molecule has 1 fully saturated rings. The summed E-state index contributed by atoms with van der Waals surface area (Å²) in [5.41, 5.74) is 6.41. The Hall–Kier alpha value is -2.05. The highest BCUT2D eigenvalue weighted by molar-refractivity contribution is 6.30. The van der Waals surface area contributed by atoms with Crippen LogP contribution in [0, 0.1) is 5.92 Å². The lowest BCUT2D eigenvalue weighted by atomic mass is 9.99. The third kappa shape index (κ3) is 5.26. The van der Waals surface area contributed by atoms with Crippen molar-refractivity contribution in [2.75, 3.05) is 13.2 Å². The number of benzene rings is 1. The molecule has 124 valence electrons. The summed E-state index contributed by atoms with van der Waals surface area (Å²) in [7, 11) is 0. The van der Waals surface area contributed by atoms with Crippen molar-refractivity contribution in [1.82, 2.24) is 10.6 Å². The van der Waals surface area contributed by atoms with Gasteiger partial charge in [0.25, 0.3) is 5.91 Å². The molecule has 2 amide bonds. The van der Waals surface area contributed by atoms with Crippen molar-refractivity contribution in [2.24, 2.45) is 11.7 Å². The number of carbonyl (C=O) groups excluding carboxylic acids is 2. The van der Waals surface area contributed by atoms with E-state index in [-0.39, 0.29) is 17.5 Å².